The zero-order valence-electron chi connectivity index (χ0n) is 4.23. The molecule has 0 aromatic heterocycles. The highest BCUT2D eigenvalue weighted by Crippen LogP contribution is 1.52. The van der Waals surface area contributed by atoms with Gasteiger partial charge in [0.2, 0.25) is 10.0 Å². The summed E-state index contributed by atoms with van der Waals surface area (Å²) in [5, 5.41) is 11.2. The van der Waals surface area contributed by atoms with Gasteiger partial charge in [0.15, 0.2) is 0 Å². The standard InChI is InChI=1S/CH5NO2S.CH2O2/c1-5(2,3)4;2-1-3/h1H3,(H2,2,3,4);1H,(H,2,3). The predicted octanol–water partition coefficient (Wildman–Crippen LogP) is -1.39. The summed E-state index contributed by atoms with van der Waals surface area (Å²) in [5.74, 6) is 0. The minimum Gasteiger partial charge on any atom is -0.483 e. The van der Waals surface area contributed by atoms with E-state index < -0.39 is 10.0 Å². The van der Waals surface area contributed by atoms with Crippen molar-refractivity contribution in [2.45, 2.75) is 0 Å². The van der Waals surface area contributed by atoms with Gasteiger partial charge in [-0.05, 0) is 0 Å². The lowest BCUT2D eigenvalue weighted by atomic mass is 11.7. The van der Waals surface area contributed by atoms with E-state index in [1.165, 1.54) is 0 Å². The molecule has 0 radical (unpaired) electrons. The molecule has 0 aromatic carbocycles. The third-order valence-corrected chi connectivity index (χ3v) is 0. The monoisotopic (exact) mass is 141 g/mol. The molecule has 50 valence electrons. The highest BCUT2D eigenvalue weighted by atomic mass is 32.2. The molecule has 0 bridgehead atoms. The van der Waals surface area contributed by atoms with E-state index in [0.717, 1.165) is 6.26 Å². The average Bonchev–Trinajstić information content (AvgIpc) is 1.27. The number of carboxylic acid groups (broad SMARTS) is 1. The zero-order chi connectivity index (χ0) is 7.21. The van der Waals surface area contributed by atoms with Gasteiger partial charge < -0.3 is 5.11 Å². The fraction of sp³-hybridized carbons (Fsp3) is 0.500. The van der Waals surface area contributed by atoms with E-state index in [2.05, 4.69) is 5.14 Å². The molecular weight excluding hydrogens is 134 g/mol. The number of hydrogen-bond donors (Lipinski definition) is 2. The number of nitrogens with two attached hydrogens (primary N) is 1. The van der Waals surface area contributed by atoms with Crippen molar-refractivity contribution >= 4 is 16.5 Å². The molecule has 0 rings (SSSR count). The molecule has 0 amide bonds. The van der Waals surface area contributed by atoms with E-state index in [1.807, 2.05) is 0 Å². The van der Waals surface area contributed by atoms with Crippen molar-refractivity contribution in [1.82, 2.24) is 0 Å². The minimum atomic E-state index is -3.17. The first-order valence-corrected chi connectivity index (χ1v) is 3.43. The summed E-state index contributed by atoms with van der Waals surface area (Å²) in [6, 6.07) is 0. The van der Waals surface area contributed by atoms with E-state index in [9.17, 15) is 8.42 Å². The van der Waals surface area contributed by atoms with Crippen molar-refractivity contribution in [2.24, 2.45) is 5.14 Å². The molecule has 3 N–H and O–H groups in total. The van der Waals surface area contributed by atoms with Gasteiger partial charge in [0.25, 0.3) is 6.47 Å². The highest BCUT2D eigenvalue weighted by molar-refractivity contribution is 7.88. The third-order valence-electron chi connectivity index (χ3n) is 0. The van der Waals surface area contributed by atoms with Crippen LogP contribution in [-0.2, 0) is 14.8 Å². The molecule has 8 heavy (non-hydrogen) atoms. The molecule has 0 spiro atoms. The van der Waals surface area contributed by atoms with Crippen molar-refractivity contribution in [3.8, 4) is 0 Å². The molecule has 5 nitrogen and oxygen atoms in total. The van der Waals surface area contributed by atoms with Gasteiger partial charge >= 0.3 is 0 Å². The van der Waals surface area contributed by atoms with Gasteiger partial charge in [0.05, 0.1) is 6.26 Å². The smallest absolute Gasteiger partial charge is 0.290 e. The van der Waals surface area contributed by atoms with Crippen molar-refractivity contribution in [3.05, 3.63) is 0 Å². The van der Waals surface area contributed by atoms with Crippen molar-refractivity contribution in [2.75, 3.05) is 6.26 Å². The molecule has 0 fully saturated rings. The van der Waals surface area contributed by atoms with Crippen LogP contribution in [0.3, 0.4) is 0 Å². The fourth-order valence-electron chi connectivity index (χ4n) is 0. The van der Waals surface area contributed by atoms with Crippen LogP contribution < -0.4 is 5.14 Å². The molecule has 0 aliphatic carbocycles. The SMILES string of the molecule is CS(N)(=O)=O.O=CO. The van der Waals surface area contributed by atoms with Gasteiger partial charge in [0, 0.05) is 0 Å². The number of hydrogen-bond acceptors (Lipinski definition) is 3. The molecule has 0 unspecified atom stereocenters. The number of rotatable bonds is 0. The van der Waals surface area contributed by atoms with Gasteiger partial charge in [-0.15, -0.1) is 0 Å². The lowest BCUT2D eigenvalue weighted by Gasteiger charge is -1.71. The maximum atomic E-state index is 9.41. The second-order valence-corrected chi connectivity index (χ2v) is 2.59. The Morgan fingerprint density at radius 2 is 1.62 bits per heavy atom. The Morgan fingerprint density at radius 1 is 1.62 bits per heavy atom. The van der Waals surface area contributed by atoms with Crippen molar-refractivity contribution in [1.29, 1.82) is 0 Å². The van der Waals surface area contributed by atoms with Crippen LogP contribution in [0.5, 0.6) is 0 Å². The molecule has 0 aliphatic rings. The highest BCUT2D eigenvalue weighted by Gasteiger charge is 1.78. The molecular formula is C2H7NO4S. The van der Waals surface area contributed by atoms with Gasteiger partial charge in [0.1, 0.15) is 0 Å². The van der Waals surface area contributed by atoms with Crippen molar-refractivity contribution in [3.63, 3.8) is 0 Å². The summed E-state index contributed by atoms with van der Waals surface area (Å²) >= 11 is 0. The first-order valence-electron chi connectivity index (χ1n) is 1.47. The van der Waals surface area contributed by atoms with Crippen LogP contribution in [0.2, 0.25) is 0 Å². The normalized spacial score (nSPS) is 8.75. The molecule has 0 aromatic rings. The third kappa shape index (κ3) is 269. The summed E-state index contributed by atoms with van der Waals surface area (Å²) in [6.07, 6.45) is 0.938. The van der Waals surface area contributed by atoms with Crippen LogP contribution in [0.25, 0.3) is 0 Å². The topological polar surface area (TPSA) is 97.5 Å². The molecule has 0 aliphatic heterocycles. The summed E-state index contributed by atoms with van der Waals surface area (Å²) in [4.78, 5) is 8.36. The predicted molar refractivity (Wildman–Crippen MR) is 27.7 cm³/mol. The van der Waals surface area contributed by atoms with Crippen molar-refractivity contribution < 1.29 is 18.3 Å². The summed E-state index contributed by atoms with van der Waals surface area (Å²) in [5.41, 5.74) is 0. The van der Waals surface area contributed by atoms with Crippen LogP contribution in [-0.4, -0.2) is 26.3 Å². The summed E-state index contributed by atoms with van der Waals surface area (Å²) < 4.78 is 18.8. The largest absolute Gasteiger partial charge is 0.483 e. The molecule has 6 heteroatoms. The van der Waals surface area contributed by atoms with E-state index in [4.69, 9.17) is 9.90 Å². The summed E-state index contributed by atoms with van der Waals surface area (Å²) in [7, 11) is -3.17. The lowest BCUT2D eigenvalue weighted by molar-refractivity contribution is -0.122. The van der Waals surface area contributed by atoms with Crippen LogP contribution in [0.4, 0.5) is 0 Å². The zero-order valence-corrected chi connectivity index (χ0v) is 5.05. The average molecular weight is 141 g/mol. The van der Waals surface area contributed by atoms with E-state index in [-0.39, 0.29) is 6.47 Å². The van der Waals surface area contributed by atoms with E-state index >= 15 is 0 Å². The Hall–Kier alpha value is -0.620. The number of primary sulfonamides is 1. The van der Waals surface area contributed by atoms with Gasteiger partial charge in [-0.3, -0.25) is 4.79 Å². The second-order valence-electron chi connectivity index (χ2n) is 0.935. The molecule has 0 saturated carbocycles. The first kappa shape index (κ1) is 10.4. The molecule has 0 saturated heterocycles. The van der Waals surface area contributed by atoms with E-state index in [1.54, 1.807) is 0 Å². The molecule has 0 atom stereocenters. The van der Waals surface area contributed by atoms with Crippen LogP contribution in [0, 0.1) is 0 Å². The minimum absolute atomic E-state index is 0.250. The number of sulfonamides is 1. The Kier molecular flexibility index (Phi) is 5.89. The summed E-state index contributed by atoms with van der Waals surface area (Å²) in [6.45, 7) is -0.250. The van der Waals surface area contributed by atoms with Gasteiger partial charge in [-0.1, -0.05) is 0 Å². The Bertz CT molecular complexity index is 128. The van der Waals surface area contributed by atoms with Crippen LogP contribution in [0.15, 0.2) is 0 Å². The second kappa shape index (κ2) is 4.54. The maximum Gasteiger partial charge on any atom is 0.290 e. The van der Waals surface area contributed by atoms with Gasteiger partial charge in [-0.2, -0.15) is 0 Å². The van der Waals surface area contributed by atoms with Crippen LogP contribution in [0.1, 0.15) is 0 Å². The quantitative estimate of drug-likeness (QED) is 0.405. The van der Waals surface area contributed by atoms with Gasteiger partial charge in [-0.25, -0.2) is 13.6 Å². The fourth-order valence-corrected chi connectivity index (χ4v) is 0. The lowest BCUT2D eigenvalue weighted by Crippen LogP contribution is -2.07. The number of carbonyl (C=O) groups is 1. The first-order chi connectivity index (χ1) is 3.41. The Morgan fingerprint density at radius 3 is 1.62 bits per heavy atom. The Balaban J connectivity index is 0. The Labute approximate surface area is 47.2 Å². The molecule has 0 heterocycles. The van der Waals surface area contributed by atoms with Crippen LogP contribution >= 0.6 is 0 Å². The maximum absolute atomic E-state index is 9.41. The van der Waals surface area contributed by atoms with E-state index in [0.29, 0.717) is 0 Å².